The van der Waals surface area contributed by atoms with Crippen LogP contribution >= 0.6 is 0 Å². The summed E-state index contributed by atoms with van der Waals surface area (Å²) in [6.07, 6.45) is 8.18. The van der Waals surface area contributed by atoms with Gasteiger partial charge in [0.05, 0.1) is 11.9 Å². The van der Waals surface area contributed by atoms with E-state index in [1.54, 1.807) is 13.2 Å². The lowest BCUT2D eigenvalue weighted by atomic mass is 10.1. The Morgan fingerprint density at radius 2 is 1.95 bits per heavy atom. The second-order valence-corrected chi connectivity index (χ2v) is 11.0. The van der Waals surface area contributed by atoms with E-state index >= 15 is 0 Å². The zero-order chi connectivity index (χ0) is 29.4. The van der Waals surface area contributed by atoms with Crippen LogP contribution in [0.5, 0.6) is 0 Å². The molecule has 39 heavy (non-hydrogen) atoms. The van der Waals surface area contributed by atoms with Crippen LogP contribution in [-0.2, 0) is 27.1 Å². The lowest BCUT2D eigenvalue weighted by molar-refractivity contribution is -0.156. The molecule has 1 unspecified atom stereocenters. The molecule has 1 aromatic heterocycles. The predicted octanol–water partition coefficient (Wildman–Crippen LogP) is 5.54. The van der Waals surface area contributed by atoms with E-state index in [1.807, 2.05) is 47.9 Å². The molecule has 0 fully saturated rings. The first-order chi connectivity index (χ1) is 18.4. The molecule has 0 spiro atoms. The summed E-state index contributed by atoms with van der Waals surface area (Å²) >= 11 is 0. The number of methoxy groups -OCH3 is 1. The Balaban J connectivity index is 2.88. The summed E-state index contributed by atoms with van der Waals surface area (Å²) in [5, 5.41) is 6.36. The van der Waals surface area contributed by atoms with Gasteiger partial charge in [0, 0.05) is 39.1 Å². The van der Waals surface area contributed by atoms with Crippen LogP contribution in [-0.4, -0.2) is 73.2 Å². The van der Waals surface area contributed by atoms with E-state index in [-0.39, 0.29) is 12.1 Å². The summed E-state index contributed by atoms with van der Waals surface area (Å²) in [6.45, 7) is 19.8. The number of unbranched alkanes of at least 4 members (excludes halogenated alkanes) is 1. The first-order valence-electron chi connectivity index (χ1n) is 14.2. The Bertz CT molecular complexity index is 952. The molecule has 2 N–H and O–H groups in total. The molecular formula is C31H53N5O3. The molecule has 0 aliphatic carbocycles. The maximum absolute atomic E-state index is 13.1. The van der Waals surface area contributed by atoms with Gasteiger partial charge in [-0.3, -0.25) is 4.99 Å². The molecule has 1 heterocycles. The smallest absolute Gasteiger partial charge is 0.331 e. The van der Waals surface area contributed by atoms with Gasteiger partial charge in [0.25, 0.3) is 0 Å². The van der Waals surface area contributed by atoms with Gasteiger partial charge in [-0.1, -0.05) is 25.6 Å². The van der Waals surface area contributed by atoms with Crippen LogP contribution in [0.1, 0.15) is 79.0 Å². The van der Waals surface area contributed by atoms with Gasteiger partial charge in [0.2, 0.25) is 0 Å². The Hall–Kier alpha value is -2.71. The summed E-state index contributed by atoms with van der Waals surface area (Å²) in [7, 11) is 3.65. The Morgan fingerprint density at radius 1 is 1.23 bits per heavy atom. The highest BCUT2D eigenvalue weighted by Gasteiger charge is 2.26. The molecule has 220 valence electrons. The summed E-state index contributed by atoms with van der Waals surface area (Å²) < 4.78 is 11.3. The van der Waals surface area contributed by atoms with E-state index < -0.39 is 11.6 Å². The number of carbonyl (C=O) groups is 1. The first kappa shape index (κ1) is 34.3. The minimum absolute atomic E-state index is 0.0883. The third kappa shape index (κ3) is 14.3. The van der Waals surface area contributed by atoms with Gasteiger partial charge < -0.3 is 25.0 Å². The number of hydrogen-bond donors (Lipinski definition) is 2. The zero-order valence-electron chi connectivity index (χ0n) is 25.9. The normalized spacial score (nSPS) is 14.2. The van der Waals surface area contributed by atoms with Crippen molar-refractivity contribution < 1.29 is 14.3 Å². The third-order valence-corrected chi connectivity index (χ3v) is 6.31. The number of esters is 1. The van der Waals surface area contributed by atoms with Gasteiger partial charge in [-0.25, -0.2) is 9.78 Å². The van der Waals surface area contributed by atoms with Crippen molar-refractivity contribution in [3.8, 4) is 0 Å². The second kappa shape index (κ2) is 17.8. The van der Waals surface area contributed by atoms with Crippen LogP contribution < -0.4 is 10.6 Å². The van der Waals surface area contributed by atoms with E-state index in [9.17, 15) is 4.79 Å². The van der Waals surface area contributed by atoms with Crippen LogP contribution in [0.4, 0.5) is 5.82 Å². The number of nitrogens with zero attached hydrogens (tertiary/aromatic N) is 3. The van der Waals surface area contributed by atoms with E-state index in [0.29, 0.717) is 18.8 Å². The minimum atomic E-state index is -0.601. The van der Waals surface area contributed by atoms with Crippen molar-refractivity contribution in [2.45, 2.75) is 98.3 Å². The molecule has 0 amide bonds. The van der Waals surface area contributed by atoms with Gasteiger partial charge in [0.15, 0.2) is 6.04 Å². The molecular weight excluding hydrogens is 490 g/mol. The van der Waals surface area contributed by atoms with Crippen molar-refractivity contribution in [2.24, 2.45) is 4.99 Å². The number of amidine groups is 1. The first-order valence-corrected chi connectivity index (χ1v) is 14.2. The monoisotopic (exact) mass is 543 g/mol. The van der Waals surface area contributed by atoms with Crippen LogP contribution in [0.15, 0.2) is 41.6 Å². The fourth-order valence-corrected chi connectivity index (χ4v) is 4.00. The number of pyridine rings is 1. The number of allylic oxidation sites excluding steroid dienone is 2. The molecule has 2 atom stereocenters. The molecule has 0 aliphatic rings. The van der Waals surface area contributed by atoms with Gasteiger partial charge in [-0.2, -0.15) is 0 Å². The second-order valence-electron chi connectivity index (χ2n) is 11.0. The highest BCUT2D eigenvalue weighted by atomic mass is 16.6. The fraction of sp³-hybridized carbons (Fsp3) is 0.645. The van der Waals surface area contributed by atoms with E-state index in [0.717, 1.165) is 55.9 Å². The number of aromatic nitrogens is 1. The highest BCUT2D eigenvalue weighted by molar-refractivity contribution is 5.85. The number of nitrogens with one attached hydrogen (secondary N) is 2. The molecule has 0 bridgehead atoms. The average Bonchev–Trinajstić information content (AvgIpc) is 2.90. The number of ether oxygens (including phenoxy) is 2. The standard InChI is InChI=1S/C31H53N5O3/c1-11-23(3)21-33-25(5)34-28(30(37)39-31(6,7)8)18-20-36(22-24(4)38-10)19-14-13-15-27-17-16-26(12-2)29(32-9)35-27/h11,16-17,21,24,28H,1,12-15,18-20,22H2,2-10H3,(H,32,35)(H,33,34)/b23-21-/t24-,28?/m1/s1. The quantitative estimate of drug-likeness (QED) is 0.0876. The molecule has 8 heteroatoms. The highest BCUT2D eigenvalue weighted by Crippen LogP contribution is 2.16. The predicted molar refractivity (Wildman–Crippen MR) is 163 cm³/mol. The molecule has 0 saturated carbocycles. The minimum Gasteiger partial charge on any atom is -0.458 e. The molecule has 0 saturated heterocycles. The van der Waals surface area contributed by atoms with E-state index in [1.165, 1.54) is 5.56 Å². The number of aryl methyl sites for hydroxylation is 2. The van der Waals surface area contributed by atoms with Crippen molar-refractivity contribution in [1.29, 1.82) is 0 Å². The van der Waals surface area contributed by atoms with Crippen molar-refractivity contribution in [3.63, 3.8) is 0 Å². The van der Waals surface area contributed by atoms with Crippen LogP contribution in [0.2, 0.25) is 0 Å². The fourth-order valence-electron chi connectivity index (χ4n) is 4.00. The average molecular weight is 544 g/mol. The topological polar surface area (TPSA) is 88.1 Å². The van der Waals surface area contributed by atoms with Gasteiger partial charge in [-0.05, 0) is 97.4 Å². The summed E-state index contributed by atoms with van der Waals surface area (Å²) in [6, 6.07) is 3.70. The Morgan fingerprint density at radius 3 is 2.54 bits per heavy atom. The largest absolute Gasteiger partial charge is 0.458 e. The molecule has 0 aliphatic heterocycles. The summed E-state index contributed by atoms with van der Waals surface area (Å²) in [4.78, 5) is 24.9. The van der Waals surface area contributed by atoms with Gasteiger partial charge in [0.1, 0.15) is 11.4 Å². The van der Waals surface area contributed by atoms with Crippen LogP contribution in [0.25, 0.3) is 0 Å². The van der Waals surface area contributed by atoms with Crippen molar-refractivity contribution >= 4 is 17.6 Å². The number of anilines is 1. The third-order valence-electron chi connectivity index (χ3n) is 6.31. The lowest BCUT2D eigenvalue weighted by Crippen LogP contribution is -2.38. The number of rotatable bonds is 17. The number of aliphatic imine (C=N–C) groups is 1. The summed E-state index contributed by atoms with van der Waals surface area (Å²) in [5.41, 5.74) is 2.75. The van der Waals surface area contributed by atoms with Crippen molar-refractivity contribution in [1.82, 2.24) is 15.2 Å². The maximum atomic E-state index is 13.1. The number of carbonyl (C=O) groups excluding carboxylic acids is 1. The Labute approximate surface area is 237 Å². The zero-order valence-corrected chi connectivity index (χ0v) is 25.9. The van der Waals surface area contributed by atoms with E-state index in [4.69, 9.17) is 14.5 Å². The molecule has 8 nitrogen and oxygen atoms in total. The van der Waals surface area contributed by atoms with E-state index in [2.05, 4.69) is 53.1 Å². The van der Waals surface area contributed by atoms with Crippen molar-refractivity contribution in [2.75, 3.05) is 39.1 Å². The maximum Gasteiger partial charge on any atom is 0.331 e. The van der Waals surface area contributed by atoms with Gasteiger partial charge >= 0.3 is 5.97 Å². The lowest BCUT2D eigenvalue weighted by Gasteiger charge is -2.27. The summed E-state index contributed by atoms with van der Waals surface area (Å²) in [5.74, 6) is 1.32. The molecule has 0 aromatic carbocycles. The van der Waals surface area contributed by atoms with Gasteiger partial charge in [-0.15, -0.1) is 0 Å². The molecule has 1 aromatic rings. The van der Waals surface area contributed by atoms with Crippen LogP contribution in [0.3, 0.4) is 0 Å². The Kier molecular flexibility index (Phi) is 15.7. The molecule has 0 radical (unpaired) electrons. The SMILES string of the molecule is C=C/C(C)=C\NC(C)=NC(CCN(CCCCc1ccc(CC)c(NC)n1)C[C@@H](C)OC)C(=O)OC(C)(C)C. The number of hydrogen-bond acceptors (Lipinski definition) is 7. The molecule has 1 rings (SSSR count). The van der Waals surface area contributed by atoms with Crippen molar-refractivity contribution in [3.05, 3.63) is 47.8 Å². The van der Waals surface area contributed by atoms with Crippen LogP contribution in [0, 0.1) is 0 Å².